The topological polar surface area (TPSA) is 108 Å². The van der Waals surface area contributed by atoms with Crippen molar-refractivity contribution in [1.29, 1.82) is 0 Å². The van der Waals surface area contributed by atoms with Crippen molar-refractivity contribution in [2.75, 3.05) is 18.3 Å². The molecule has 4 aromatic rings. The van der Waals surface area contributed by atoms with Gasteiger partial charge in [-0.05, 0) is 36.6 Å². The molecule has 1 aliphatic heterocycles. The molecule has 3 aromatic heterocycles. The van der Waals surface area contributed by atoms with Crippen molar-refractivity contribution >= 4 is 29.4 Å². The highest BCUT2D eigenvalue weighted by atomic mass is 32.2. The van der Waals surface area contributed by atoms with E-state index < -0.39 is 12.0 Å². The van der Waals surface area contributed by atoms with Gasteiger partial charge in [0.2, 0.25) is 5.88 Å². The van der Waals surface area contributed by atoms with E-state index in [1.54, 1.807) is 42.0 Å². The number of para-hydroxylation sites is 1. The molecule has 0 saturated carbocycles. The first kappa shape index (κ1) is 22.9. The maximum Gasteiger partial charge on any atom is 0.329 e. The monoisotopic (exact) mass is 488 g/mol. The summed E-state index contributed by atoms with van der Waals surface area (Å²) in [4.78, 5) is 24.2. The Bertz CT molecular complexity index is 1340. The summed E-state index contributed by atoms with van der Waals surface area (Å²) >= 11 is 1.56. The van der Waals surface area contributed by atoms with E-state index in [0.717, 1.165) is 16.9 Å². The minimum Gasteiger partial charge on any atom is -0.496 e. The third-order valence-corrected chi connectivity index (χ3v) is 6.65. The lowest BCUT2D eigenvalue weighted by atomic mass is 10.1. The number of nitrogens with zero attached hydrogens (tertiary/aromatic N) is 5. The molecular weight excluding hydrogens is 464 g/mol. The molecule has 2 unspecified atom stereocenters. The minimum atomic E-state index is -0.851. The molecule has 0 fully saturated rings. The third kappa shape index (κ3) is 4.58. The van der Waals surface area contributed by atoms with E-state index in [1.807, 2.05) is 65.8 Å². The van der Waals surface area contributed by atoms with Crippen molar-refractivity contribution in [3.63, 3.8) is 0 Å². The Morgan fingerprint density at radius 2 is 1.89 bits per heavy atom. The summed E-state index contributed by atoms with van der Waals surface area (Å²) in [7, 11) is 1.65. The molecule has 4 bridgehead atoms. The lowest BCUT2D eigenvalue weighted by Crippen LogP contribution is -2.41. The number of carbonyl (C=O) groups is 1. The zero-order valence-corrected chi connectivity index (χ0v) is 20.1. The number of carbonyl (C=O) groups excluding carboxylic acids is 1. The Kier molecular flexibility index (Phi) is 6.39. The fourth-order valence-corrected chi connectivity index (χ4v) is 4.77. The normalized spacial score (nSPS) is 17.8. The summed E-state index contributed by atoms with van der Waals surface area (Å²) in [6.45, 7) is 0. The summed E-state index contributed by atoms with van der Waals surface area (Å²) < 4.78 is 12.5. The van der Waals surface area contributed by atoms with Crippen LogP contribution in [-0.2, 0) is 4.79 Å². The van der Waals surface area contributed by atoms with Crippen LogP contribution >= 0.6 is 11.8 Å². The Hall–Kier alpha value is -3.89. The standard InChI is InChI=1S/C25H24N6O3S/c1-33-19-7-4-3-6-17(19)16-10-11-20(27-15-16)31-22-9-5-8-21(28-22)30-13-12-23(29-30)34-25(32)18(26)14-24(31)35-2/h3-13,15,18,24H,14,26H2,1-2H3. The molecule has 0 aliphatic carbocycles. The fourth-order valence-electron chi connectivity index (χ4n) is 3.95. The molecule has 4 heterocycles. The molecule has 2 N–H and O–H groups in total. The average molecular weight is 489 g/mol. The van der Waals surface area contributed by atoms with Crippen LogP contribution in [0.5, 0.6) is 11.6 Å². The van der Waals surface area contributed by atoms with E-state index in [4.69, 9.17) is 25.2 Å². The zero-order valence-electron chi connectivity index (χ0n) is 19.2. The lowest BCUT2D eigenvalue weighted by molar-refractivity contribution is -0.136. The number of esters is 1. The van der Waals surface area contributed by atoms with Crippen LogP contribution in [0.15, 0.2) is 73.1 Å². The summed E-state index contributed by atoms with van der Waals surface area (Å²) in [5.41, 5.74) is 8.12. The van der Waals surface area contributed by atoms with Gasteiger partial charge in [0.1, 0.15) is 23.4 Å². The summed E-state index contributed by atoms with van der Waals surface area (Å²) in [5, 5.41) is 4.08. The van der Waals surface area contributed by atoms with Gasteiger partial charge in [0.15, 0.2) is 5.82 Å². The highest BCUT2D eigenvalue weighted by molar-refractivity contribution is 7.99. The maximum absolute atomic E-state index is 12.6. The second kappa shape index (κ2) is 9.77. The zero-order chi connectivity index (χ0) is 24.4. The van der Waals surface area contributed by atoms with Gasteiger partial charge >= 0.3 is 5.97 Å². The molecule has 35 heavy (non-hydrogen) atoms. The van der Waals surface area contributed by atoms with Crippen LogP contribution in [0.25, 0.3) is 16.9 Å². The number of hydrogen-bond donors (Lipinski definition) is 1. The van der Waals surface area contributed by atoms with Crippen LogP contribution in [0.2, 0.25) is 0 Å². The van der Waals surface area contributed by atoms with Crippen molar-refractivity contribution in [3.05, 3.63) is 73.1 Å². The smallest absolute Gasteiger partial charge is 0.329 e. The molecule has 0 amide bonds. The van der Waals surface area contributed by atoms with E-state index in [1.165, 1.54) is 0 Å². The van der Waals surface area contributed by atoms with E-state index >= 15 is 0 Å². The number of methoxy groups -OCH3 is 1. The first-order valence-electron chi connectivity index (χ1n) is 11.0. The molecule has 10 heteroatoms. The predicted molar refractivity (Wildman–Crippen MR) is 135 cm³/mol. The van der Waals surface area contributed by atoms with E-state index in [2.05, 4.69) is 5.10 Å². The van der Waals surface area contributed by atoms with Gasteiger partial charge in [-0.15, -0.1) is 16.9 Å². The van der Waals surface area contributed by atoms with E-state index in [9.17, 15) is 4.79 Å². The number of hydrogen-bond acceptors (Lipinski definition) is 9. The number of anilines is 2. The molecule has 178 valence electrons. The Balaban J connectivity index is 1.60. The van der Waals surface area contributed by atoms with Crippen LogP contribution < -0.4 is 20.1 Å². The van der Waals surface area contributed by atoms with Gasteiger partial charge in [-0.3, -0.25) is 4.90 Å². The van der Waals surface area contributed by atoms with Crippen LogP contribution in [0.4, 0.5) is 11.6 Å². The average Bonchev–Trinajstić information content (AvgIpc) is 3.36. The van der Waals surface area contributed by atoms with Crippen LogP contribution in [-0.4, -0.2) is 50.5 Å². The van der Waals surface area contributed by atoms with Crippen LogP contribution in [0.3, 0.4) is 0 Å². The molecule has 1 aromatic carbocycles. The second-order valence-electron chi connectivity index (χ2n) is 7.88. The van der Waals surface area contributed by atoms with Gasteiger partial charge in [0.25, 0.3) is 0 Å². The van der Waals surface area contributed by atoms with Crippen LogP contribution in [0.1, 0.15) is 6.42 Å². The van der Waals surface area contributed by atoms with Gasteiger partial charge in [-0.2, -0.15) is 0 Å². The number of ether oxygens (including phenoxy) is 2. The summed E-state index contributed by atoms with van der Waals surface area (Å²) in [6, 6.07) is 18.1. The van der Waals surface area contributed by atoms with Gasteiger partial charge < -0.3 is 15.2 Å². The summed E-state index contributed by atoms with van der Waals surface area (Å²) in [6.07, 6.45) is 5.78. The summed E-state index contributed by atoms with van der Waals surface area (Å²) in [5.74, 6) is 2.34. The van der Waals surface area contributed by atoms with E-state index in [0.29, 0.717) is 23.9 Å². The second-order valence-corrected chi connectivity index (χ2v) is 8.90. The maximum atomic E-state index is 12.6. The first-order chi connectivity index (χ1) is 17.1. The van der Waals surface area contributed by atoms with Crippen molar-refractivity contribution in [3.8, 4) is 28.6 Å². The van der Waals surface area contributed by atoms with Gasteiger partial charge in [-0.25, -0.2) is 19.4 Å². The molecule has 0 saturated heterocycles. The van der Waals surface area contributed by atoms with Crippen LogP contribution in [0, 0.1) is 0 Å². The molecule has 2 atom stereocenters. The number of thioether (sulfide) groups is 1. The Morgan fingerprint density at radius 3 is 2.66 bits per heavy atom. The lowest BCUT2D eigenvalue weighted by Gasteiger charge is -2.32. The highest BCUT2D eigenvalue weighted by Gasteiger charge is 2.29. The Morgan fingerprint density at radius 1 is 1.06 bits per heavy atom. The predicted octanol–water partition coefficient (Wildman–Crippen LogP) is 3.80. The van der Waals surface area contributed by atoms with Crippen molar-refractivity contribution in [2.24, 2.45) is 5.73 Å². The van der Waals surface area contributed by atoms with Gasteiger partial charge in [-0.1, -0.05) is 24.3 Å². The van der Waals surface area contributed by atoms with Crippen molar-refractivity contribution < 1.29 is 14.3 Å². The quantitative estimate of drug-likeness (QED) is 0.429. The Labute approximate surface area is 206 Å². The van der Waals surface area contributed by atoms with Crippen molar-refractivity contribution in [1.82, 2.24) is 19.7 Å². The van der Waals surface area contributed by atoms with Gasteiger partial charge in [0.05, 0.1) is 12.5 Å². The minimum absolute atomic E-state index is 0.185. The SMILES string of the molecule is COc1ccccc1-c1ccc(N2c3cccc(n3)-n3ccc(n3)OC(=O)C(N)CC2SC)nc1. The van der Waals surface area contributed by atoms with Crippen molar-refractivity contribution in [2.45, 2.75) is 17.8 Å². The number of nitrogens with two attached hydrogens (primary N) is 1. The third-order valence-electron chi connectivity index (χ3n) is 5.70. The molecule has 5 rings (SSSR count). The number of fused-ring (bicyclic) bond motifs is 5. The number of aromatic nitrogens is 4. The van der Waals surface area contributed by atoms with E-state index in [-0.39, 0.29) is 11.3 Å². The molecular formula is C25H24N6O3S. The first-order valence-corrected chi connectivity index (χ1v) is 12.3. The number of benzene rings is 1. The molecule has 0 spiro atoms. The highest BCUT2D eigenvalue weighted by Crippen LogP contribution is 2.35. The fraction of sp³-hybridized carbons (Fsp3) is 0.200. The molecule has 0 radical (unpaired) electrons. The largest absolute Gasteiger partial charge is 0.496 e. The number of pyridine rings is 2. The molecule has 9 nitrogen and oxygen atoms in total. The van der Waals surface area contributed by atoms with Gasteiger partial charge in [0, 0.05) is 36.0 Å². The molecule has 1 aliphatic rings. The number of rotatable bonds is 4.